The van der Waals surface area contributed by atoms with Gasteiger partial charge in [-0.1, -0.05) is 24.6 Å². The molecule has 2 unspecified atom stereocenters. The summed E-state index contributed by atoms with van der Waals surface area (Å²) >= 11 is 5.75. The van der Waals surface area contributed by atoms with Crippen LogP contribution in [-0.4, -0.2) is 26.5 Å². The van der Waals surface area contributed by atoms with Gasteiger partial charge in [0.2, 0.25) is 0 Å². The van der Waals surface area contributed by atoms with E-state index in [2.05, 4.69) is 5.32 Å². The molecular weight excluding hydrogens is 289 g/mol. The second-order valence-electron chi connectivity index (χ2n) is 4.86. The molecule has 0 saturated carbocycles. The summed E-state index contributed by atoms with van der Waals surface area (Å²) in [4.78, 5) is 0. The average Bonchev–Trinajstić information content (AvgIpc) is 2.67. The van der Waals surface area contributed by atoms with E-state index < -0.39 is 9.84 Å². The fourth-order valence-corrected chi connectivity index (χ4v) is 4.59. The zero-order valence-corrected chi connectivity index (χ0v) is 12.3. The van der Waals surface area contributed by atoms with Crippen LogP contribution in [0, 0.1) is 11.7 Å². The van der Waals surface area contributed by atoms with Crippen LogP contribution in [0.15, 0.2) is 18.2 Å². The highest BCUT2D eigenvalue weighted by molar-refractivity contribution is 7.91. The van der Waals surface area contributed by atoms with E-state index in [0.29, 0.717) is 23.6 Å². The molecule has 1 aliphatic rings. The quantitative estimate of drug-likeness (QED) is 0.930. The predicted octanol–water partition coefficient (Wildman–Crippen LogP) is 2.56. The molecule has 1 saturated heterocycles. The lowest BCUT2D eigenvalue weighted by atomic mass is 9.92. The highest BCUT2D eigenvalue weighted by atomic mass is 35.5. The summed E-state index contributed by atoms with van der Waals surface area (Å²) in [7, 11) is -2.98. The van der Waals surface area contributed by atoms with Crippen molar-refractivity contribution in [3.63, 3.8) is 0 Å². The Bertz CT molecular complexity index is 562. The minimum Gasteiger partial charge on any atom is -0.310 e. The topological polar surface area (TPSA) is 46.2 Å². The van der Waals surface area contributed by atoms with E-state index in [1.165, 1.54) is 6.07 Å². The first-order valence-corrected chi connectivity index (χ1v) is 8.51. The SMILES string of the molecule is CCNC(c1ccc(Cl)cc1F)C1CCS(=O)(=O)C1. The number of nitrogens with one attached hydrogen (secondary N) is 1. The van der Waals surface area contributed by atoms with Gasteiger partial charge < -0.3 is 5.32 Å². The largest absolute Gasteiger partial charge is 0.310 e. The Balaban J connectivity index is 2.30. The molecule has 106 valence electrons. The summed E-state index contributed by atoms with van der Waals surface area (Å²) < 4.78 is 37.2. The lowest BCUT2D eigenvalue weighted by Crippen LogP contribution is -2.29. The van der Waals surface area contributed by atoms with Crippen LogP contribution >= 0.6 is 11.6 Å². The minimum absolute atomic E-state index is 0.0828. The van der Waals surface area contributed by atoms with Crippen molar-refractivity contribution in [3.05, 3.63) is 34.6 Å². The van der Waals surface area contributed by atoms with Crippen LogP contribution in [0.3, 0.4) is 0 Å². The molecule has 0 spiro atoms. The molecule has 2 atom stereocenters. The fourth-order valence-electron chi connectivity index (χ4n) is 2.59. The van der Waals surface area contributed by atoms with Crippen molar-refractivity contribution >= 4 is 21.4 Å². The van der Waals surface area contributed by atoms with Crippen molar-refractivity contribution in [3.8, 4) is 0 Å². The fraction of sp³-hybridized carbons (Fsp3) is 0.538. The maximum Gasteiger partial charge on any atom is 0.150 e. The van der Waals surface area contributed by atoms with Crippen LogP contribution in [0.4, 0.5) is 4.39 Å². The van der Waals surface area contributed by atoms with Crippen molar-refractivity contribution in [1.82, 2.24) is 5.32 Å². The second-order valence-corrected chi connectivity index (χ2v) is 7.53. The zero-order valence-electron chi connectivity index (χ0n) is 10.7. The van der Waals surface area contributed by atoms with Gasteiger partial charge in [0.1, 0.15) is 5.82 Å². The molecule has 1 N–H and O–H groups in total. The average molecular weight is 306 g/mol. The Hall–Kier alpha value is -0.650. The van der Waals surface area contributed by atoms with E-state index in [9.17, 15) is 12.8 Å². The van der Waals surface area contributed by atoms with Crippen molar-refractivity contribution in [2.24, 2.45) is 5.92 Å². The molecule has 1 fully saturated rings. The molecule has 0 aromatic heterocycles. The molecule has 0 aliphatic carbocycles. The van der Waals surface area contributed by atoms with E-state index in [1.54, 1.807) is 12.1 Å². The summed E-state index contributed by atoms with van der Waals surface area (Å²) in [5, 5.41) is 3.53. The van der Waals surface area contributed by atoms with Crippen LogP contribution in [0.1, 0.15) is 24.9 Å². The standard InChI is InChI=1S/C13H17ClFNO2S/c1-2-16-13(9-5-6-19(17,18)8-9)11-4-3-10(14)7-12(11)15/h3-4,7,9,13,16H,2,5-6,8H2,1H3. The van der Waals surface area contributed by atoms with E-state index >= 15 is 0 Å². The predicted molar refractivity (Wildman–Crippen MR) is 74.6 cm³/mol. The van der Waals surface area contributed by atoms with E-state index in [0.717, 1.165) is 0 Å². The summed E-state index contributed by atoms with van der Waals surface area (Å²) in [6, 6.07) is 4.26. The maximum absolute atomic E-state index is 14.0. The lowest BCUT2D eigenvalue weighted by molar-refractivity contribution is 0.387. The van der Waals surface area contributed by atoms with Crippen molar-refractivity contribution in [2.75, 3.05) is 18.1 Å². The molecule has 6 heteroatoms. The van der Waals surface area contributed by atoms with Gasteiger partial charge in [0.25, 0.3) is 0 Å². The number of sulfone groups is 1. The van der Waals surface area contributed by atoms with Gasteiger partial charge in [0.05, 0.1) is 11.5 Å². The molecule has 2 rings (SSSR count). The third-order valence-electron chi connectivity index (χ3n) is 3.46. The summed E-state index contributed by atoms with van der Waals surface area (Å²) in [5.74, 6) is -0.162. The van der Waals surface area contributed by atoms with Crippen molar-refractivity contribution < 1.29 is 12.8 Å². The first-order valence-electron chi connectivity index (χ1n) is 6.31. The first kappa shape index (κ1) is 14.8. The Kier molecular flexibility index (Phi) is 4.48. The summed E-state index contributed by atoms with van der Waals surface area (Å²) in [5.41, 5.74) is 0.494. The molecule has 1 aromatic rings. The summed E-state index contributed by atoms with van der Waals surface area (Å²) in [6.45, 7) is 2.58. The van der Waals surface area contributed by atoms with Crippen LogP contribution in [-0.2, 0) is 9.84 Å². The highest BCUT2D eigenvalue weighted by Gasteiger charge is 2.35. The highest BCUT2D eigenvalue weighted by Crippen LogP contribution is 2.33. The Morgan fingerprint density at radius 3 is 2.79 bits per heavy atom. The molecule has 1 heterocycles. The number of rotatable bonds is 4. The van der Waals surface area contributed by atoms with Gasteiger partial charge in [-0.2, -0.15) is 0 Å². The van der Waals surface area contributed by atoms with Crippen molar-refractivity contribution in [2.45, 2.75) is 19.4 Å². The molecule has 1 aromatic carbocycles. The summed E-state index contributed by atoms with van der Waals surface area (Å²) in [6.07, 6.45) is 0.571. The molecule has 0 radical (unpaired) electrons. The van der Waals surface area contributed by atoms with Gasteiger partial charge in [-0.3, -0.25) is 0 Å². The number of benzene rings is 1. The van der Waals surface area contributed by atoms with E-state index in [1.807, 2.05) is 6.92 Å². The Labute approximate surface area is 118 Å². The van der Waals surface area contributed by atoms with Gasteiger partial charge in [0, 0.05) is 16.6 Å². The first-order chi connectivity index (χ1) is 8.93. The van der Waals surface area contributed by atoms with Gasteiger partial charge >= 0.3 is 0 Å². The minimum atomic E-state index is -2.98. The molecular formula is C13H17ClFNO2S. The lowest BCUT2D eigenvalue weighted by Gasteiger charge is -2.24. The van der Waals surface area contributed by atoms with E-state index in [4.69, 9.17) is 11.6 Å². The molecule has 0 bridgehead atoms. The third-order valence-corrected chi connectivity index (χ3v) is 5.49. The van der Waals surface area contributed by atoms with Gasteiger partial charge in [0.15, 0.2) is 9.84 Å². The van der Waals surface area contributed by atoms with Gasteiger partial charge in [-0.25, -0.2) is 12.8 Å². The Morgan fingerprint density at radius 2 is 2.26 bits per heavy atom. The van der Waals surface area contributed by atoms with Crippen LogP contribution < -0.4 is 5.32 Å². The third kappa shape index (κ3) is 3.46. The number of hydrogen-bond acceptors (Lipinski definition) is 3. The normalized spacial score (nSPS) is 23.4. The molecule has 0 amide bonds. The zero-order chi connectivity index (χ0) is 14.0. The van der Waals surface area contributed by atoms with Crippen molar-refractivity contribution in [1.29, 1.82) is 0 Å². The Morgan fingerprint density at radius 1 is 1.53 bits per heavy atom. The maximum atomic E-state index is 14.0. The van der Waals surface area contributed by atoms with E-state index in [-0.39, 0.29) is 29.3 Å². The molecule has 3 nitrogen and oxygen atoms in total. The van der Waals surface area contributed by atoms with Crippen LogP contribution in [0.25, 0.3) is 0 Å². The second kappa shape index (κ2) is 5.77. The number of halogens is 2. The molecule has 1 aliphatic heterocycles. The van der Waals surface area contributed by atoms with Gasteiger partial charge in [-0.05, 0) is 31.0 Å². The van der Waals surface area contributed by atoms with Crippen LogP contribution in [0.2, 0.25) is 5.02 Å². The van der Waals surface area contributed by atoms with Crippen LogP contribution in [0.5, 0.6) is 0 Å². The van der Waals surface area contributed by atoms with Gasteiger partial charge in [-0.15, -0.1) is 0 Å². The smallest absolute Gasteiger partial charge is 0.150 e. The monoisotopic (exact) mass is 305 g/mol. The number of hydrogen-bond donors (Lipinski definition) is 1. The molecule has 19 heavy (non-hydrogen) atoms.